The molecule has 1 aromatic heterocycles. The zero-order valence-electron chi connectivity index (χ0n) is 17.4. The topological polar surface area (TPSA) is 149 Å². The van der Waals surface area contributed by atoms with Gasteiger partial charge in [0, 0.05) is 11.4 Å². The molecule has 178 valence electrons. The maximum absolute atomic E-state index is 12.2. The van der Waals surface area contributed by atoms with Crippen LogP contribution in [0.4, 0.5) is 16.2 Å². The van der Waals surface area contributed by atoms with Crippen LogP contribution < -0.4 is 15.1 Å². The van der Waals surface area contributed by atoms with Crippen LogP contribution in [0.2, 0.25) is 4.34 Å². The van der Waals surface area contributed by atoms with Crippen LogP contribution in [0, 0.1) is 5.41 Å². The number of halogens is 1. The lowest BCUT2D eigenvalue weighted by atomic mass is 10.2. The van der Waals surface area contributed by atoms with Gasteiger partial charge in [-0.3, -0.25) is 24.6 Å². The summed E-state index contributed by atoms with van der Waals surface area (Å²) < 4.78 is 36.9. The van der Waals surface area contributed by atoms with E-state index >= 15 is 0 Å². The van der Waals surface area contributed by atoms with Gasteiger partial charge < -0.3 is 14.8 Å². The van der Waals surface area contributed by atoms with Gasteiger partial charge in [0.25, 0.3) is 22.0 Å². The average molecular weight is 517 g/mol. The van der Waals surface area contributed by atoms with Gasteiger partial charge in [-0.2, -0.15) is 8.42 Å². The summed E-state index contributed by atoms with van der Waals surface area (Å²) in [5.74, 6) is -0.244. The van der Waals surface area contributed by atoms with Crippen molar-refractivity contribution in [2.45, 2.75) is 6.10 Å². The molecule has 2 fully saturated rings. The second-order valence-electron chi connectivity index (χ2n) is 6.98. The van der Waals surface area contributed by atoms with E-state index in [1.165, 1.54) is 16.2 Å². The Bertz CT molecular complexity index is 1130. The number of cyclic esters (lactones) is 1. The molecule has 4 rings (SSSR count). The summed E-state index contributed by atoms with van der Waals surface area (Å²) in [7, 11) is -3.67. The van der Waals surface area contributed by atoms with Crippen molar-refractivity contribution in [3.8, 4) is 0 Å². The molecular formula is C19H21ClN4O7S2. The fourth-order valence-corrected chi connectivity index (χ4v) is 4.00. The Kier molecular flexibility index (Phi) is 7.79. The quantitative estimate of drug-likeness (QED) is 0.513. The second-order valence-corrected chi connectivity index (χ2v) is 10.2. The maximum Gasteiger partial charge on any atom is 0.414 e. The first kappa shape index (κ1) is 24.8. The van der Waals surface area contributed by atoms with Crippen molar-refractivity contribution in [1.82, 2.24) is 5.32 Å². The van der Waals surface area contributed by atoms with Crippen molar-refractivity contribution in [3.05, 3.63) is 45.6 Å². The van der Waals surface area contributed by atoms with E-state index in [1.807, 2.05) is 12.1 Å². The highest BCUT2D eigenvalue weighted by Gasteiger charge is 2.33. The fraction of sp³-hybridized carbons (Fsp3) is 0.316. The molecule has 0 radical (unpaired) electrons. The molecule has 1 aromatic carbocycles. The molecule has 0 spiro atoms. The first-order valence-corrected chi connectivity index (χ1v) is 12.6. The highest BCUT2D eigenvalue weighted by Crippen LogP contribution is 2.26. The number of benzene rings is 1. The summed E-state index contributed by atoms with van der Waals surface area (Å²) in [6.45, 7) is 1.68. The largest absolute Gasteiger partial charge is 0.463 e. The number of nitrogens with zero attached hydrogens (tertiary/aromatic N) is 2. The third kappa shape index (κ3) is 7.05. The molecule has 0 aliphatic carbocycles. The third-order valence-corrected chi connectivity index (χ3v) is 5.66. The van der Waals surface area contributed by atoms with Crippen molar-refractivity contribution in [2.24, 2.45) is 0 Å². The Hall–Kier alpha value is -2.87. The molecule has 2 aliphatic heterocycles. The van der Waals surface area contributed by atoms with Crippen LogP contribution in [0.1, 0.15) is 9.67 Å². The number of amides is 2. The van der Waals surface area contributed by atoms with Gasteiger partial charge in [-0.25, -0.2) is 4.79 Å². The first-order valence-electron chi connectivity index (χ1n) is 9.54. The van der Waals surface area contributed by atoms with E-state index in [4.69, 9.17) is 31.0 Å². The number of carbonyl (C=O) groups excluding carboxylic acids is 2. The molecular weight excluding hydrogens is 496 g/mol. The van der Waals surface area contributed by atoms with Crippen molar-refractivity contribution in [3.63, 3.8) is 0 Å². The van der Waals surface area contributed by atoms with Crippen LogP contribution in [-0.2, 0) is 19.6 Å². The number of rotatable bonds is 5. The minimum Gasteiger partial charge on any atom is -0.463 e. The Labute approximate surface area is 199 Å². The number of anilines is 2. The van der Waals surface area contributed by atoms with E-state index in [2.05, 4.69) is 5.32 Å². The average Bonchev–Trinajstić information content (AvgIpc) is 3.45. The van der Waals surface area contributed by atoms with Gasteiger partial charge in [0.1, 0.15) is 12.7 Å². The van der Waals surface area contributed by atoms with Crippen LogP contribution in [0.3, 0.4) is 0 Å². The van der Waals surface area contributed by atoms with E-state index in [0.29, 0.717) is 40.9 Å². The van der Waals surface area contributed by atoms with Gasteiger partial charge in [0.15, 0.2) is 0 Å². The molecule has 2 aliphatic rings. The molecule has 11 nitrogen and oxygen atoms in total. The van der Waals surface area contributed by atoms with Gasteiger partial charge in [-0.05, 0) is 36.4 Å². The number of thiophene rings is 1. The van der Waals surface area contributed by atoms with Gasteiger partial charge >= 0.3 is 6.09 Å². The highest BCUT2D eigenvalue weighted by molar-refractivity contribution is 7.85. The zero-order chi connectivity index (χ0) is 24.2. The van der Waals surface area contributed by atoms with Crippen LogP contribution >= 0.6 is 22.9 Å². The molecule has 14 heteroatoms. The predicted octanol–water partition coefficient (Wildman–Crippen LogP) is 2.43. The minimum atomic E-state index is -3.67. The molecule has 0 bridgehead atoms. The Morgan fingerprint density at radius 3 is 2.36 bits per heavy atom. The van der Waals surface area contributed by atoms with Crippen molar-refractivity contribution < 1.29 is 32.0 Å². The van der Waals surface area contributed by atoms with E-state index in [-0.39, 0.29) is 18.5 Å². The molecule has 2 aromatic rings. The van der Waals surface area contributed by atoms with Gasteiger partial charge in [-0.1, -0.05) is 11.6 Å². The summed E-state index contributed by atoms with van der Waals surface area (Å²) in [5.41, 5.74) is 1.52. The summed E-state index contributed by atoms with van der Waals surface area (Å²) in [5, 5.41) is 10.5. The van der Waals surface area contributed by atoms with Gasteiger partial charge in [-0.15, -0.1) is 11.3 Å². The summed E-state index contributed by atoms with van der Waals surface area (Å²) in [4.78, 5) is 28.1. The molecule has 33 heavy (non-hydrogen) atoms. The molecule has 0 saturated carbocycles. The number of carbonyl (C=O) groups is 2. The smallest absolute Gasteiger partial charge is 0.414 e. The second kappa shape index (κ2) is 10.4. The van der Waals surface area contributed by atoms with Crippen molar-refractivity contribution in [2.75, 3.05) is 42.3 Å². The van der Waals surface area contributed by atoms with Crippen LogP contribution in [0.15, 0.2) is 36.4 Å². The fourth-order valence-electron chi connectivity index (χ4n) is 3.04. The molecule has 3 heterocycles. The standard InChI is InChI=1S/C18H17ClN4O4S.CH4O3S/c19-15-6-5-14(28-15)16(24)21-9-13-10-23(18(25)27-13)12-3-1-11(2-4-12)22-7-8-26-17(22)20;1-5(2,3)4/h1-6,13,20H,7-10H2,(H,21,24);1H3,(H,2,3,4)/t13-;/m0./s1. The minimum absolute atomic E-state index is 0.121. The van der Waals surface area contributed by atoms with E-state index < -0.39 is 22.3 Å². The lowest BCUT2D eigenvalue weighted by Gasteiger charge is -2.17. The van der Waals surface area contributed by atoms with Gasteiger partial charge in [0.05, 0.1) is 35.1 Å². The molecule has 1 atom stereocenters. The van der Waals surface area contributed by atoms with E-state index in [0.717, 1.165) is 5.69 Å². The predicted molar refractivity (Wildman–Crippen MR) is 124 cm³/mol. The first-order chi connectivity index (χ1) is 15.5. The number of nitrogens with one attached hydrogen (secondary N) is 2. The monoisotopic (exact) mass is 516 g/mol. The highest BCUT2D eigenvalue weighted by atomic mass is 35.5. The maximum atomic E-state index is 12.2. The number of ether oxygens (including phenoxy) is 2. The van der Waals surface area contributed by atoms with E-state index in [9.17, 15) is 18.0 Å². The molecule has 3 N–H and O–H groups in total. The normalized spacial score (nSPS) is 17.8. The lowest BCUT2D eigenvalue weighted by molar-refractivity contribution is 0.0920. The van der Waals surface area contributed by atoms with Crippen LogP contribution in [-0.4, -0.2) is 69.6 Å². The summed E-state index contributed by atoms with van der Waals surface area (Å²) >= 11 is 7.03. The Morgan fingerprint density at radius 1 is 1.24 bits per heavy atom. The number of amidine groups is 1. The molecule has 2 amide bonds. The lowest BCUT2D eigenvalue weighted by Crippen LogP contribution is -2.34. The molecule has 0 unspecified atom stereocenters. The summed E-state index contributed by atoms with van der Waals surface area (Å²) in [6.07, 6.45) is -0.178. The van der Waals surface area contributed by atoms with Crippen LogP contribution in [0.5, 0.6) is 0 Å². The van der Waals surface area contributed by atoms with Gasteiger partial charge in [0.2, 0.25) is 0 Å². The molecule has 2 saturated heterocycles. The number of hydrogen-bond acceptors (Lipinski definition) is 8. The Morgan fingerprint density at radius 2 is 1.85 bits per heavy atom. The van der Waals surface area contributed by atoms with Crippen molar-refractivity contribution in [1.29, 1.82) is 5.41 Å². The summed E-state index contributed by atoms with van der Waals surface area (Å²) in [6, 6.07) is 10.7. The van der Waals surface area contributed by atoms with E-state index in [1.54, 1.807) is 29.2 Å². The number of hydrogen-bond donors (Lipinski definition) is 3. The van der Waals surface area contributed by atoms with Crippen LogP contribution in [0.25, 0.3) is 0 Å². The van der Waals surface area contributed by atoms with Crippen molar-refractivity contribution >= 4 is 62.5 Å². The SMILES string of the molecule is CS(=O)(=O)O.N=C1OCCN1c1ccc(N2C[C@H](CNC(=O)c3ccc(Cl)s3)OC2=O)cc1. The third-order valence-electron chi connectivity index (χ3n) is 4.43. The Balaban J connectivity index is 0.000000555. The zero-order valence-corrected chi connectivity index (χ0v) is 19.7.